The number of hydrogen-bond acceptors (Lipinski definition) is 4. The van der Waals surface area contributed by atoms with Crippen molar-refractivity contribution in [1.82, 2.24) is 4.90 Å². The molecule has 1 saturated heterocycles. The zero-order chi connectivity index (χ0) is 15.4. The first-order valence-electron chi connectivity index (χ1n) is 6.75. The van der Waals surface area contributed by atoms with Crippen LogP contribution >= 0.6 is 0 Å². The number of halogens is 1. The molecule has 21 heavy (non-hydrogen) atoms. The lowest BCUT2D eigenvalue weighted by atomic mass is 10.0. The fraction of sp³-hybridized carbons (Fsp3) is 0.400. The fourth-order valence-electron chi connectivity index (χ4n) is 2.12. The highest BCUT2D eigenvalue weighted by atomic mass is 19.1. The standard InChI is InChI=1S/C15H16FNO4/c1-10-9-11(5-6-12(10)16)13(18)3-2-4-14(19)17-7-8-21-15(17)20/h5-6,9H,2-4,7-8H2,1H3. The molecule has 0 aromatic heterocycles. The van der Waals surface area contributed by atoms with Gasteiger partial charge in [0.2, 0.25) is 5.91 Å². The van der Waals surface area contributed by atoms with Gasteiger partial charge >= 0.3 is 6.09 Å². The third kappa shape index (κ3) is 3.65. The second kappa shape index (κ2) is 6.47. The van der Waals surface area contributed by atoms with Gasteiger partial charge < -0.3 is 4.74 Å². The van der Waals surface area contributed by atoms with Crippen molar-refractivity contribution < 1.29 is 23.5 Å². The van der Waals surface area contributed by atoms with Gasteiger partial charge in [-0.3, -0.25) is 9.59 Å². The topological polar surface area (TPSA) is 63.7 Å². The Morgan fingerprint density at radius 2 is 2.10 bits per heavy atom. The zero-order valence-electron chi connectivity index (χ0n) is 11.7. The Morgan fingerprint density at radius 1 is 1.33 bits per heavy atom. The molecule has 1 fully saturated rings. The maximum atomic E-state index is 13.1. The molecule has 1 aliphatic rings. The number of cyclic esters (lactones) is 1. The molecule has 1 heterocycles. The maximum Gasteiger partial charge on any atom is 0.416 e. The highest BCUT2D eigenvalue weighted by Gasteiger charge is 2.27. The van der Waals surface area contributed by atoms with Crippen LogP contribution in [-0.4, -0.2) is 35.8 Å². The predicted octanol–water partition coefficient (Wildman–Crippen LogP) is 2.47. The number of ether oxygens (including phenoxy) is 1. The Bertz CT molecular complexity index is 585. The van der Waals surface area contributed by atoms with Crippen LogP contribution in [0.3, 0.4) is 0 Å². The number of amides is 2. The average Bonchev–Trinajstić information content (AvgIpc) is 2.88. The summed E-state index contributed by atoms with van der Waals surface area (Å²) in [6.07, 6.45) is 0.0129. The van der Waals surface area contributed by atoms with Crippen molar-refractivity contribution in [2.24, 2.45) is 0 Å². The molecule has 0 N–H and O–H groups in total. The van der Waals surface area contributed by atoms with E-state index in [1.54, 1.807) is 6.92 Å². The van der Waals surface area contributed by atoms with Crippen LogP contribution in [0, 0.1) is 12.7 Å². The van der Waals surface area contributed by atoms with Crippen molar-refractivity contribution in [3.63, 3.8) is 0 Å². The molecule has 2 rings (SSSR count). The maximum absolute atomic E-state index is 13.1. The van der Waals surface area contributed by atoms with E-state index in [4.69, 9.17) is 0 Å². The molecule has 1 aromatic carbocycles. The number of carbonyl (C=O) groups excluding carboxylic acids is 3. The van der Waals surface area contributed by atoms with Gasteiger partial charge in [0.15, 0.2) is 5.78 Å². The van der Waals surface area contributed by atoms with E-state index in [2.05, 4.69) is 4.74 Å². The number of nitrogens with zero attached hydrogens (tertiary/aromatic N) is 1. The van der Waals surface area contributed by atoms with Crippen molar-refractivity contribution >= 4 is 17.8 Å². The van der Waals surface area contributed by atoms with E-state index in [-0.39, 0.29) is 43.5 Å². The van der Waals surface area contributed by atoms with Crippen LogP contribution in [0.1, 0.15) is 35.2 Å². The third-order valence-corrected chi connectivity index (χ3v) is 3.34. The highest BCUT2D eigenvalue weighted by Crippen LogP contribution is 2.14. The summed E-state index contributed by atoms with van der Waals surface area (Å²) < 4.78 is 17.8. The summed E-state index contributed by atoms with van der Waals surface area (Å²) >= 11 is 0. The smallest absolute Gasteiger partial charge is 0.416 e. The van der Waals surface area contributed by atoms with Gasteiger partial charge in [-0.05, 0) is 37.1 Å². The quantitative estimate of drug-likeness (QED) is 0.782. The van der Waals surface area contributed by atoms with Crippen LogP contribution in [0.2, 0.25) is 0 Å². The SMILES string of the molecule is Cc1cc(C(=O)CCCC(=O)N2CCOC2=O)ccc1F. The molecule has 0 bridgehead atoms. The number of hydrogen-bond donors (Lipinski definition) is 0. The molecular formula is C15H16FNO4. The number of benzene rings is 1. The fourth-order valence-corrected chi connectivity index (χ4v) is 2.12. The van der Waals surface area contributed by atoms with Crippen molar-refractivity contribution in [2.45, 2.75) is 26.2 Å². The average molecular weight is 293 g/mol. The summed E-state index contributed by atoms with van der Waals surface area (Å²) in [6, 6.07) is 4.19. The first-order valence-corrected chi connectivity index (χ1v) is 6.75. The summed E-state index contributed by atoms with van der Waals surface area (Å²) in [5.74, 6) is -0.829. The van der Waals surface area contributed by atoms with Crippen LogP contribution in [0.5, 0.6) is 0 Å². The van der Waals surface area contributed by atoms with Gasteiger partial charge in [0.25, 0.3) is 0 Å². The minimum atomic E-state index is -0.625. The van der Waals surface area contributed by atoms with Crippen molar-refractivity contribution in [2.75, 3.05) is 13.2 Å². The highest BCUT2D eigenvalue weighted by molar-refractivity contribution is 5.97. The summed E-state index contributed by atoms with van der Waals surface area (Å²) in [7, 11) is 0. The van der Waals surface area contributed by atoms with E-state index < -0.39 is 6.09 Å². The summed E-state index contributed by atoms with van der Waals surface area (Å²) in [6.45, 7) is 2.08. The summed E-state index contributed by atoms with van der Waals surface area (Å²) in [4.78, 5) is 35.9. The number of Topliss-reactive ketones (excluding diaryl/α,β-unsaturated/α-hetero) is 1. The van der Waals surface area contributed by atoms with Crippen molar-refractivity contribution in [1.29, 1.82) is 0 Å². The van der Waals surface area contributed by atoms with Crippen LogP contribution < -0.4 is 0 Å². The second-order valence-electron chi connectivity index (χ2n) is 4.90. The Hall–Kier alpha value is -2.24. The Balaban J connectivity index is 1.82. The van der Waals surface area contributed by atoms with Gasteiger partial charge in [-0.1, -0.05) is 0 Å². The monoisotopic (exact) mass is 293 g/mol. The van der Waals surface area contributed by atoms with Gasteiger partial charge in [0, 0.05) is 18.4 Å². The Labute approximate surface area is 121 Å². The van der Waals surface area contributed by atoms with Crippen LogP contribution in [-0.2, 0) is 9.53 Å². The lowest BCUT2D eigenvalue weighted by Crippen LogP contribution is -2.31. The third-order valence-electron chi connectivity index (χ3n) is 3.34. The lowest BCUT2D eigenvalue weighted by Gasteiger charge is -2.10. The number of carbonyl (C=O) groups is 3. The number of aryl methyl sites for hydroxylation is 1. The van der Waals surface area contributed by atoms with E-state index in [1.807, 2.05) is 0 Å². The summed E-state index contributed by atoms with van der Waals surface area (Å²) in [5, 5.41) is 0. The zero-order valence-corrected chi connectivity index (χ0v) is 11.7. The molecule has 112 valence electrons. The van der Waals surface area contributed by atoms with Gasteiger partial charge in [-0.25, -0.2) is 14.1 Å². The van der Waals surface area contributed by atoms with Crippen LogP contribution in [0.4, 0.5) is 9.18 Å². The molecule has 6 heteroatoms. The van der Waals surface area contributed by atoms with Gasteiger partial charge in [0.05, 0.1) is 6.54 Å². The molecule has 2 amide bonds. The lowest BCUT2D eigenvalue weighted by molar-refractivity contribution is -0.127. The minimum Gasteiger partial charge on any atom is -0.447 e. The normalized spacial score (nSPS) is 14.2. The first kappa shape index (κ1) is 15.2. The van der Waals surface area contributed by atoms with Gasteiger partial charge in [0.1, 0.15) is 12.4 Å². The van der Waals surface area contributed by atoms with Crippen LogP contribution in [0.15, 0.2) is 18.2 Å². The van der Waals surface area contributed by atoms with Gasteiger partial charge in [-0.15, -0.1) is 0 Å². The van der Waals surface area contributed by atoms with E-state index in [9.17, 15) is 18.8 Å². The molecule has 0 atom stereocenters. The molecule has 0 unspecified atom stereocenters. The molecule has 0 spiro atoms. The predicted molar refractivity (Wildman–Crippen MR) is 72.4 cm³/mol. The Morgan fingerprint density at radius 3 is 2.71 bits per heavy atom. The van der Waals surface area contributed by atoms with E-state index in [0.717, 1.165) is 4.90 Å². The largest absolute Gasteiger partial charge is 0.447 e. The van der Waals surface area contributed by atoms with Crippen LogP contribution in [0.25, 0.3) is 0 Å². The Kier molecular flexibility index (Phi) is 4.67. The first-order chi connectivity index (χ1) is 9.99. The van der Waals surface area contributed by atoms with E-state index in [1.165, 1.54) is 18.2 Å². The molecule has 5 nitrogen and oxygen atoms in total. The van der Waals surface area contributed by atoms with E-state index in [0.29, 0.717) is 17.5 Å². The minimum absolute atomic E-state index is 0.112. The number of rotatable bonds is 5. The number of ketones is 1. The molecule has 0 saturated carbocycles. The molecular weight excluding hydrogens is 277 g/mol. The molecule has 0 aliphatic carbocycles. The molecule has 1 aromatic rings. The molecule has 1 aliphatic heterocycles. The van der Waals surface area contributed by atoms with E-state index >= 15 is 0 Å². The number of imide groups is 1. The van der Waals surface area contributed by atoms with Crippen molar-refractivity contribution in [3.8, 4) is 0 Å². The second-order valence-corrected chi connectivity index (χ2v) is 4.90. The summed E-state index contributed by atoms with van der Waals surface area (Å²) in [5.41, 5.74) is 0.846. The van der Waals surface area contributed by atoms with Gasteiger partial charge in [-0.2, -0.15) is 0 Å². The molecule has 0 radical (unpaired) electrons. The van der Waals surface area contributed by atoms with Crippen molar-refractivity contribution in [3.05, 3.63) is 35.1 Å².